The van der Waals surface area contributed by atoms with Gasteiger partial charge in [0.25, 0.3) is 0 Å². The summed E-state index contributed by atoms with van der Waals surface area (Å²) in [6.45, 7) is 3.79. The number of aromatic nitrogens is 3. The molecule has 1 aliphatic rings. The molecule has 1 unspecified atom stereocenters. The number of aromatic carboxylic acids is 1. The third-order valence-electron chi connectivity index (χ3n) is 3.83. The lowest BCUT2D eigenvalue weighted by Crippen LogP contribution is -2.34. The van der Waals surface area contributed by atoms with E-state index in [-0.39, 0.29) is 18.1 Å². The lowest BCUT2D eigenvalue weighted by Gasteiger charge is -2.20. The van der Waals surface area contributed by atoms with Gasteiger partial charge < -0.3 is 10.0 Å². The second-order valence-electron chi connectivity index (χ2n) is 5.19. The molecule has 0 radical (unpaired) electrons. The number of carboxylic acids is 1. The average Bonchev–Trinajstić information content (AvgIpc) is 2.75. The van der Waals surface area contributed by atoms with Crippen molar-refractivity contribution in [1.82, 2.24) is 19.9 Å². The molecular formula is C13H20N4O3. The molecule has 0 spiro atoms. The molecule has 110 valence electrons. The van der Waals surface area contributed by atoms with Crippen LogP contribution in [0.4, 0.5) is 0 Å². The van der Waals surface area contributed by atoms with Gasteiger partial charge in [0.05, 0.1) is 6.20 Å². The van der Waals surface area contributed by atoms with E-state index in [0.717, 1.165) is 32.4 Å². The first-order chi connectivity index (χ1) is 9.60. The van der Waals surface area contributed by atoms with Crippen molar-refractivity contribution in [3.63, 3.8) is 0 Å². The highest BCUT2D eigenvalue weighted by Gasteiger charge is 2.20. The molecular weight excluding hydrogens is 260 g/mol. The van der Waals surface area contributed by atoms with Crippen LogP contribution in [0.15, 0.2) is 6.20 Å². The van der Waals surface area contributed by atoms with Crippen molar-refractivity contribution in [2.75, 3.05) is 13.1 Å². The zero-order chi connectivity index (χ0) is 14.5. The van der Waals surface area contributed by atoms with E-state index in [1.807, 2.05) is 4.90 Å². The Morgan fingerprint density at radius 2 is 2.20 bits per heavy atom. The van der Waals surface area contributed by atoms with Crippen molar-refractivity contribution in [3.05, 3.63) is 11.9 Å². The smallest absolute Gasteiger partial charge is 0.358 e. The summed E-state index contributed by atoms with van der Waals surface area (Å²) in [5, 5.41) is 15.9. The van der Waals surface area contributed by atoms with Gasteiger partial charge in [-0.2, -0.15) is 0 Å². The predicted molar refractivity (Wildman–Crippen MR) is 71.2 cm³/mol. The lowest BCUT2D eigenvalue weighted by molar-refractivity contribution is -0.132. The Kier molecular flexibility index (Phi) is 4.70. The van der Waals surface area contributed by atoms with Crippen molar-refractivity contribution >= 4 is 11.9 Å². The SMILES string of the molecule is CCC1CCCN(C(=O)Cn2cc(C(=O)O)nn2)CC1. The van der Waals surface area contributed by atoms with Gasteiger partial charge in [0.15, 0.2) is 5.69 Å². The molecule has 2 heterocycles. The third kappa shape index (κ3) is 3.55. The normalized spacial score (nSPS) is 19.6. The van der Waals surface area contributed by atoms with Gasteiger partial charge in [-0.15, -0.1) is 5.10 Å². The fourth-order valence-corrected chi connectivity index (χ4v) is 2.54. The zero-order valence-corrected chi connectivity index (χ0v) is 11.7. The predicted octanol–water partition coefficient (Wildman–Crippen LogP) is 1.01. The van der Waals surface area contributed by atoms with E-state index >= 15 is 0 Å². The summed E-state index contributed by atoms with van der Waals surface area (Å²) in [6.07, 6.45) is 5.69. The summed E-state index contributed by atoms with van der Waals surface area (Å²) in [4.78, 5) is 24.7. The van der Waals surface area contributed by atoms with Crippen LogP contribution in [0.5, 0.6) is 0 Å². The Bertz CT molecular complexity index is 486. The number of carbonyl (C=O) groups excluding carboxylic acids is 1. The third-order valence-corrected chi connectivity index (χ3v) is 3.83. The van der Waals surface area contributed by atoms with Gasteiger partial charge in [-0.05, 0) is 25.2 Å². The van der Waals surface area contributed by atoms with Gasteiger partial charge in [-0.1, -0.05) is 18.6 Å². The maximum atomic E-state index is 12.2. The number of likely N-dealkylation sites (tertiary alicyclic amines) is 1. The molecule has 1 amide bonds. The van der Waals surface area contributed by atoms with Gasteiger partial charge in [0.2, 0.25) is 5.91 Å². The second kappa shape index (κ2) is 6.49. The van der Waals surface area contributed by atoms with Crippen LogP contribution < -0.4 is 0 Å². The minimum absolute atomic E-state index is 0.0245. The standard InChI is InChI=1S/C13H20N4O3/c1-2-10-4-3-6-16(7-5-10)12(18)9-17-8-11(13(19)20)14-15-17/h8,10H,2-7,9H2,1H3,(H,19,20). The highest BCUT2D eigenvalue weighted by molar-refractivity contribution is 5.84. The minimum atomic E-state index is -1.13. The second-order valence-corrected chi connectivity index (χ2v) is 5.19. The van der Waals surface area contributed by atoms with E-state index in [9.17, 15) is 9.59 Å². The van der Waals surface area contributed by atoms with Crippen LogP contribution in [0, 0.1) is 5.92 Å². The van der Waals surface area contributed by atoms with Crippen molar-refractivity contribution in [2.24, 2.45) is 5.92 Å². The molecule has 1 fully saturated rings. The number of carboxylic acid groups (broad SMARTS) is 1. The number of rotatable bonds is 4. The fourth-order valence-electron chi connectivity index (χ4n) is 2.54. The number of carbonyl (C=O) groups is 2. The van der Waals surface area contributed by atoms with Crippen LogP contribution >= 0.6 is 0 Å². The molecule has 0 aromatic carbocycles. The Hall–Kier alpha value is -1.92. The van der Waals surface area contributed by atoms with E-state index in [1.165, 1.54) is 17.3 Å². The van der Waals surface area contributed by atoms with E-state index in [1.54, 1.807) is 0 Å². The quantitative estimate of drug-likeness (QED) is 0.889. The van der Waals surface area contributed by atoms with Crippen LogP contribution in [-0.2, 0) is 11.3 Å². The molecule has 1 aliphatic heterocycles. The summed E-state index contributed by atoms with van der Waals surface area (Å²) in [5.74, 6) is -0.453. The number of hydrogen-bond acceptors (Lipinski definition) is 4. The molecule has 1 saturated heterocycles. The summed E-state index contributed by atoms with van der Waals surface area (Å²) < 4.78 is 1.29. The topological polar surface area (TPSA) is 88.3 Å². The van der Waals surface area contributed by atoms with Crippen LogP contribution in [0.25, 0.3) is 0 Å². The maximum Gasteiger partial charge on any atom is 0.358 e. The first-order valence-corrected chi connectivity index (χ1v) is 7.01. The zero-order valence-electron chi connectivity index (χ0n) is 11.7. The van der Waals surface area contributed by atoms with E-state index in [4.69, 9.17) is 5.11 Å². The van der Waals surface area contributed by atoms with Crippen molar-refractivity contribution in [2.45, 2.75) is 39.2 Å². The van der Waals surface area contributed by atoms with Crippen molar-refractivity contribution < 1.29 is 14.7 Å². The van der Waals surface area contributed by atoms with E-state index in [2.05, 4.69) is 17.2 Å². The largest absolute Gasteiger partial charge is 0.476 e. The summed E-state index contributed by atoms with van der Waals surface area (Å²) >= 11 is 0. The highest BCUT2D eigenvalue weighted by atomic mass is 16.4. The molecule has 1 aromatic rings. The van der Waals surface area contributed by atoms with Gasteiger partial charge in [0, 0.05) is 13.1 Å². The molecule has 1 atom stereocenters. The molecule has 7 heteroatoms. The molecule has 0 aliphatic carbocycles. The summed E-state index contributed by atoms with van der Waals surface area (Å²) in [7, 11) is 0. The molecule has 0 bridgehead atoms. The van der Waals surface area contributed by atoms with Gasteiger partial charge >= 0.3 is 5.97 Å². The Morgan fingerprint density at radius 1 is 1.40 bits per heavy atom. The van der Waals surface area contributed by atoms with Crippen LogP contribution in [0.1, 0.15) is 43.1 Å². The maximum absolute atomic E-state index is 12.2. The monoisotopic (exact) mass is 280 g/mol. The van der Waals surface area contributed by atoms with Gasteiger partial charge in [0.1, 0.15) is 6.54 Å². The summed E-state index contributed by atoms with van der Waals surface area (Å²) in [5.41, 5.74) is -0.139. The molecule has 1 aromatic heterocycles. The number of nitrogens with zero attached hydrogens (tertiary/aromatic N) is 4. The molecule has 2 rings (SSSR count). The number of amides is 1. The van der Waals surface area contributed by atoms with Gasteiger partial charge in [-0.25, -0.2) is 9.48 Å². The molecule has 0 saturated carbocycles. The van der Waals surface area contributed by atoms with Crippen LogP contribution in [0.3, 0.4) is 0 Å². The van der Waals surface area contributed by atoms with Crippen LogP contribution in [-0.4, -0.2) is 50.0 Å². The average molecular weight is 280 g/mol. The van der Waals surface area contributed by atoms with Crippen molar-refractivity contribution in [3.8, 4) is 0 Å². The fraction of sp³-hybridized carbons (Fsp3) is 0.692. The lowest BCUT2D eigenvalue weighted by atomic mass is 9.98. The Morgan fingerprint density at radius 3 is 2.85 bits per heavy atom. The van der Waals surface area contributed by atoms with Gasteiger partial charge in [-0.3, -0.25) is 4.79 Å². The first-order valence-electron chi connectivity index (χ1n) is 7.01. The molecule has 1 N–H and O–H groups in total. The Labute approximate surface area is 117 Å². The molecule has 7 nitrogen and oxygen atoms in total. The Balaban J connectivity index is 1.92. The van der Waals surface area contributed by atoms with Crippen LogP contribution in [0.2, 0.25) is 0 Å². The van der Waals surface area contributed by atoms with Crippen molar-refractivity contribution in [1.29, 1.82) is 0 Å². The highest BCUT2D eigenvalue weighted by Crippen LogP contribution is 2.20. The van der Waals surface area contributed by atoms with E-state index < -0.39 is 5.97 Å². The first kappa shape index (κ1) is 14.5. The number of hydrogen-bond donors (Lipinski definition) is 1. The summed E-state index contributed by atoms with van der Waals surface area (Å²) in [6, 6.07) is 0. The molecule has 20 heavy (non-hydrogen) atoms. The minimum Gasteiger partial charge on any atom is -0.476 e. The van der Waals surface area contributed by atoms with E-state index in [0.29, 0.717) is 5.92 Å².